The molecule has 0 saturated carbocycles. The minimum absolute atomic E-state index is 0.0563. The van der Waals surface area contributed by atoms with Crippen LogP contribution in [0.3, 0.4) is 0 Å². The van der Waals surface area contributed by atoms with Crippen LogP contribution in [0.5, 0.6) is 11.5 Å². The fourth-order valence-electron chi connectivity index (χ4n) is 2.33. The molecule has 2 aromatic carbocycles. The summed E-state index contributed by atoms with van der Waals surface area (Å²) in [4.78, 5) is 14.8. The number of nitro groups is 1. The van der Waals surface area contributed by atoms with E-state index >= 15 is 0 Å². The quantitative estimate of drug-likeness (QED) is 0.694. The Morgan fingerprint density at radius 2 is 1.96 bits per heavy atom. The Labute approximate surface area is 131 Å². The molecule has 0 radical (unpaired) electrons. The average molecular weight is 315 g/mol. The van der Waals surface area contributed by atoms with Gasteiger partial charge in [0.25, 0.3) is 0 Å². The number of amidine groups is 1. The number of hydrogen-bond donors (Lipinski definition) is 1. The van der Waals surface area contributed by atoms with Crippen molar-refractivity contribution in [2.45, 2.75) is 6.42 Å². The predicted octanol–water partition coefficient (Wildman–Crippen LogP) is 3.27. The van der Waals surface area contributed by atoms with Gasteiger partial charge in [-0.1, -0.05) is 18.2 Å². The van der Waals surface area contributed by atoms with Crippen LogP contribution in [-0.2, 0) is 0 Å². The molecule has 0 aliphatic carbocycles. The van der Waals surface area contributed by atoms with Crippen molar-refractivity contribution in [2.75, 3.05) is 13.1 Å². The maximum Gasteiger partial charge on any atom is 0.311 e. The maximum atomic E-state index is 14.3. The molecule has 0 spiro atoms. The molecule has 0 atom stereocenters. The molecule has 1 aliphatic heterocycles. The maximum absolute atomic E-state index is 14.3. The van der Waals surface area contributed by atoms with Gasteiger partial charge in [0, 0.05) is 19.2 Å². The number of nitrogens with one attached hydrogen (secondary N) is 1. The summed E-state index contributed by atoms with van der Waals surface area (Å²) in [6.07, 6.45) is 0.873. The number of nitrogens with zero attached hydrogens (tertiary/aromatic N) is 2. The van der Waals surface area contributed by atoms with Crippen molar-refractivity contribution in [2.24, 2.45) is 4.99 Å². The fourth-order valence-corrected chi connectivity index (χ4v) is 2.33. The van der Waals surface area contributed by atoms with E-state index in [-0.39, 0.29) is 22.7 Å². The van der Waals surface area contributed by atoms with Crippen molar-refractivity contribution in [1.29, 1.82) is 0 Å². The topological polar surface area (TPSA) is 76.8 Å². The van der Waals surface area contributed by atoms with Crippen LogP contribution in [0.2, 0.25) is 0 Å². The van der Waals surface area contributed by atoms with Gasteiger partial charge in [0.2, 0.25) is 5.75 Å². The second-order valence-electron chi connectivity index (χ2n) is 4.95. The molecule has 3 rings (SSSR count). The molecule has 0 bridgehead atoms. The number of nitro benzene ring substituents is 1. The molecule has 0 amide bonds. The first kappa shape index (κ1) is 15.0. The number of ether oxygens (including phenoxy) is 1. The average Bonchev–Trinajstić information content (AvgIpc) is 2.56. The van der Waals surface area contributed by atoms with Gasteiger partial charge >= 0.3 is 5.69 Å². The number of halogens is 1. The van der Waals surface area contributed by atoms with Gasteiger partial charge in [-0.15, -0.1) is 0 Å². The van der Waals surface area contributed by atoms with Crippen LogP contribution in [0, 0.1) is 15.9 Å². The summed E-state index contributed by atoms with van der Waals surface area (Å²) in [5.74, 6) is 0.158. The van der Waals surface area contributed by atoms with Gasteiger partial charge in [0.1, 0.15) is 17.4 Å². The minimum Gasteiger partial charge on any atom is -0.449 e. The van der Waals surface area contributed by atoms with E-state index in [1.54, 1.807) is 18.2 Å². The van der Waals surface area contributed by atoms with Crippen LogP contribution in [-0.4, -0.2) is 23.8 Å². The highest BCUT2D eigenvalue weighted by Gasteiger charge is 2.21. The standard InChI is InChI=1S/C16H14FN3O3/c17-11-5-3-8-14(15(11)16-18-9-4-10-19-16)23-13-7-2-1-6-12(13)20(21)22/h1-3,5-8H,4,9-10H2,(H,18,19). The number of aliphatic imine (C=N–C) groups is 1. The van der Waals surface area contributed by atoms with Gasteiger partial charge in [-0.2, -0.15) is 0 Å². The van der Waals surface area contributed by atoms with Crippen molar-refractivity contribution in [3.8, 4) is 11.5 Å². The van der Waals surface area contributed by atoms with Crippen LogP contribution < -0.4 is 10.1 Å². The molecule has 23 heavy (non-hydrogen) atoms. The van der Waals surface area contributed by atoms with Crippen molar-refractivity contribution in [3.63, 3.8) is 0 Å². The highest BCUT2D eigenvalue weighted by atomic mass is 19.1. The zero-order valence-electron chi connectivity index (χ0n) is 12.2. The van der Waals surface area contributed by atoms with Gasteiger partial charge in [0.15, 0.2) is 0 Å². The summed E-state index contributed by atoms with van der Waals surface area (Å²) in [6, 6.07) is 10.3. The molecule has 6 nitrogen and oxygen atoms in total. The van der Waals surface area contributed by atoms with Gasteiger partial charge in [-0.05, 0) is 24.6 Å². The van der Waals surface area contributed by atoms with E-state index in [0.717, 1.165) is 6.42 Å². The summed E-state index contributed by atoms with van der Waals surface area (Å²) in [6.45, 7) is 1.29. The first-order valence-corrected chi connectivity index (χ1v) is 7.15. The normalized spacial score (nSPS) is 13.9. The molecule has 0 fully saturated rings. The zero-order chi connectivity index (χ0) is 16.2. The van der Waals surface area contributed by atoms with E-state index in [9.17, 15) is 14.5 Å². The van der Waals surface area contributed by atoms with Crippen molar-refractivity contribution in [1.82, 2.24) is 5.32 Å². The molecule has 1 heterocycles. The van der Waals surface area contributed by atoms with Crippen molar-refractivity contribution in [3.05, 3.63) is 64.0 Å². The summed E-state index contributed by atoms with van der Waals surface area (Å²) in [5.41, 5.74) is 0.00612. The third-order valence-corrected chi connectivity index (χ3v) is 3.39. The number of rotatable bonds is 4. The smallest absolute Gasteiger partial charge is 0.311 e. The highest BCUT2D eigenvalue weighted by Crippen LogP contribution is 2.33. The van der Waals surface area contributed by atoms with E-state index in [2.05, 4.69) is 10.3 Å². The van der Waals surface area contributed by atoms with E-state index in [1.807, 2.05) is 0 Å². The second kappa shape index (κ2) is 6.43. The number of para-hydroxylation sites is 2. The first-order valence-electron chi connectivity index (χ1n) is 7.15. The van der Waals surface area contributed by atoms with E-state index < -0.39 is 10.7 Å². The van der Waals surface area contributed by atoms with E-state index in [1.165, 1.54) is 24.3 Å². The fraction of sp³-hybridized carbons (Fsp3) is 0.188. The molecule has 0 saturated heterocycles. The Balaban J connectivity index is 2.03. The van der Waals surface area contributed by atoms with E-state index in [0.29, 0.717) is 18.9 Å². The molecule has 0 aromatic heterocycles. The molecular formula is C16H14FN3O3. The van der Waals surface area contributed by atoms with Gasteiger partial charge in [-0.3, -0.25) is 15.1 Å². The monoisotopic (exact) mass is 315 g/mol. The third-order valence-electron chi connectivity index (χ3n) is 3.39. The van der Waals surface area contributed by atoms with Crippen LogP contribution in [0.4, 0.5) is 10.1 Å². The molecular weight excluding hydrogens is 301 g/mol. The van der Waals surface area contributed by atoms with Gasteiger partial charge < -0.3 is 10.1 Å². The summed E-state index contributed by atoms with van der Waals surface area (Å²) < 4.78 is 19.9. The number of benzene rings is 2. The lowest BCUT2D eigenvalue weighted by atomic mass is 10.1. The zero-order valence-corrected chi connectivity index (χ0v) is 12.2. The lowest BCUT2D eigenvalue weighted by molar-refractivity contribution is -0.385. The molecule has 1 aliphatic rings. The summed E-state index contributed by atoms with van der Waals surface area (Å²) >= 11 is 0. The van der Waals surface area contributed by atoms with Crippen LogP contribution in [0.25, 0.3) is 0 Å². The largest absolute Gasteiger partial charge is 0.449 e. The first-order chi connectivity index (χ1) is 11.2. The second-order valence-corrected chi connectivity index (χ2v) is 4.95. The predicted molar refractivity (Wildman–Crippen MR) is 83.6 cm³/mol. The van der Waals surface area contributed by atoms with E-state index in [4.69, 9.17) is 4.74 Å². The molecule has 2 aromatic rings. The molecule has 0 unspecified atom stereocenters. The van der Waals surface area contributed by atoms with Crippen LogP contribution in [0.15, 0.2) is 47.5 Å². The van der Waals surface area contributed by atoms with Crippen LogP contribution in [0.1, 0.15) is 12.0 Å². The Bertz CT molecular complexity index is 777. The van der Waals surface area contributed by atoms with Gasteiger partial charge in [-0.25, -0.2) is 4.39 Å². The minimum atomic E-state index is -0.537. The van der Waals surface area contributed by atoms with Crippen molar-refractivity contribution < 1.29 is 14.1 Å². The van der Waals surface area contributed by atoms with Gasteiger partial charge in [0.05, 0.1) is 10.5 Å². The Morgan fingerprint density at radius 1 is 1.17 bits per heavy atom. The molecule has 118 valence electrons. The SMILES string of the molecule is O=[N+]([O-])c1ccccc1Oc1cccc(F)c1C1=NCCCN1. The molecule has 1 N–H and O–H groups in total. The lowest BCUT2D eigenvalue weighted by Crippen LogP contribution is -2.31. The molecule has 7 heteroatoms. The highest BCUT2D eigenvalue weighted by molar-refractivity contribution is 6.01. The Morgan fingerprint density at radius 3 is 2.70 bits per heavy atom. The van der Waals surface area contributed by atoms with Crippen LogP contribution >= 0.6 is 0 Å². The Kier molecular flexibility index (Phi) is 4.18. The Hall–Kier alpha value is -2.96. The number of hydrogen-bond acceptors (Lipinski definition) is 5. The van der Waals surface area contributed by atoms with Crippen molar-refractivity contribution >= 4 is 11.5 Å². The summed E-state index contributed by atoms with van der Waals surface area (Å²) in [5, 5.41) is 14.1. The summed E-state index contributed by atoms with van der Waals surface area (Å²) in [7, 11) is 0. The lowest BCUT2D eigenvalue weighted by Gasteiger charge is -2.18. The third kappa shape index (κ3) is 3.13.